The van der Waals surface area contributed by atoms with E-state index in [0.717, 1.165) is 11.3 Å². The van der Waals surface area contributed by atoms with Crippen molar-refractivity contribution in [2.75, 3.05) is 13.7 Å². The van der Waals surface area contributed by atoms with E-state index in [4.69, 9.17) is 14.7 Å². The van der Waals surface area contributed by atoms with Gasteiger partial charge in [-0.3, -0.25) is 4.79 Å². The second-order valence-corrected chi connectivity index (χ2v) is 3.58. The quantitative estimate of drug-likeness (QED) is 0.364. The Labute approximate surface area is 106 Å². The molecule has 0 saturated heterocycles. The molecule has 0 fully saturated rings. The number of hydrogen-bond acceptors (Lipinski definition) is 5. The van der Waals surface area contributed by atoms with Gasteiger partial charge in [-0.25, -0.2) is 0 Å². The Morgan fingerprint density at radius 2 is 1.94 bits per heavy atom. The molecule has 0 spiro atoms. The maximum Gasteiger partial charge on any atom is 0.306 e. The molecule has 0 atom stereocenters. The van der Waals surface area contributed by atoms with E-state index < -0.39 is 0 Å². The van der Waals surface area contributed by atoms with Gasteiger partial charge in [-0.1, -0.05) is 5.16 Å². The molecule has 0 unspecified atom stereocenters. The van der Waals surface area contributed by atoms with Crippen molar-refractivity contribution in [1.82, 2.24) is 0 Å². The predicted molar refractivity (Wildman–Crippen MR) is 67.2 cm³/mol. The van der Waals surface area contributed by atoms with Gasteiger partial charge in [-0.2, -0.15) is 0 Å². The summed E-state index contributed by atoms with van der Waals surface area (Å²) in [6.45, 7) is 2.11. The van der Waals surface area contributed by atoms with Crippen LogP contribution in [-0.4, -0.2) is 30.6 Å². The van der Waals surface area contributed by atoms with Crippen molar-refractivity contribution in [2.45, 2.75) is 19.8 Å². The molecule has 0 bridgehead atoms. The molecule has 1 aromatic rings. The summed E-state index contributed by atoms with van der Waals surface area (Å²) in [7, 11) is 1.58. The zero-order chi connectivity index (χ0) is 13.4. The van der Waals surface area contributed by atoms with Crippen LogP contribution < -0.4 is 4.74 Å². The molecule has 0 aliphatic rings. The number of carbonyl (C=O) groups excluding carboxylic acids is 1. The lowest BCUT2D eigenvalue weighted by Gasteiger charge is -2.06. The summed E-state index contributed by atoms with van der Waals surface area (Å²) in [5.74, 6) is 0.425. The van der Waals surface area contributed by atoms with Gasteiger partial charge in [0.2, 0.25) is 0 Å². The van der Waals surface area contributed by atoms with E-state index in [0.29, 0.717) is 18.7 Å². The lowest BCUT2D eigenvalue weighted by atomic mass is 10.1. The number of carbonyl (C=O) groups is 1. The summed E-state index contributed by atoms with van der Waals surface area (Å²) in [5.41, 5.74) is 1.20. The zero-order valence-electron chi connectivity index (χ0n) is 10.5. The molecule has 1 aromatic carbocycles. The predicted octanol–water partition coefficient (Wildman–Crippen LogP) is 2.22. The maximum atomic E-state index is 11.2. The second kappa shape index (κ2) is 7.32. The van der Waals surface area contributed by atoms with Crippen LogP contribution in [0.3, 0.4) is 0 Å². The molecule has 1 N–H and O–H groups in total. The van der Waals surface area contributed by atoms with Gasteiger partial charge < -0.3 is 14.7 Å². The molecule has 5 nitrogen and oxygen atoms in total. The number of esters is 1. The normalized spacial score (nSPS) is 11.1. The van der Waals surface area contributed by atoms with Crippen molar-refractivity contribution in [1.29, 1.82) is 0 Å². The van der Waals surface area contributed by atoms with Crippen LogP contribution >= 0.6 is 0 Å². The number of ether oxygens (including phenoxy) is 2. The zero-order valence-corrected chi connectivity index (χ0v) is 10.5. The van der Waals surface area contributed by atoms with E-state index in [9.17, 15) is 4.79 Å². The Morgan fingerprint density at radius 1 is 1.28 bits per heavy atom. The summed E-state index contributed by atoms with van der Waals surface area (Å²) in [4.78, 5) is 11.2. The van der Waals surface area contributed by atoms with Crippen LogP contribution in [0.2, 0.25) is 0 Å². The van der Waals surface area contributed by atoms with Gasteiger partial charge in [-0.05, 0) is 36.8 Å². The van der Waals surface area contributed by atoms with Crippen molar-refractivity contribution < 1.29 is 19.5 Å². The van der Waals surface area contributed by atoms with E-state index in [1.54, 1.807) is 38.3 Å². The fraction of sp³-hybridized carbons (Fsp3) is 0.385. The topological polar surface area (TPSA) is 68.1 Å². The van der Waals surface area contributed by atoms with Gasteiger partial charge in [-0.15, -0.1) is 0 Å². The first-order valence-electron chi connectivity index (χ1n) is 5.72. The molecule has 0 aliphatic heterocycles. The van der Waals surface area contributed by atoms with E-state index >= 15 is 0 Å². The summed E-state index contributed by atoms with van der Waals surface area (Å²) < 4.78 is 9.85. The molecule has 98 valence electrons. The highest BCUT2D eigenvalue weighted by Crippen LogP contribution is 2.14. The van der Waals surface area contributed by atoms with E-state index in [1.165, 1.54) is 0 Å². The van der Waals surface area contributed by atoms with Crippen LogP contribution in [0, 0.1) is 0 Å². The maximum absolute atomic E-state index is 11.2. The minimum Gasteiger partial charge on any atom is -0.497 e. The van der Waals surface area contributed by atoms with Gasteiger partial charge in [0.25, 0.3) is 0 Å². The number of methoxy groups -OCH3 is 1. The van der Waals surface area contributed by atoms with Crippen molar-refractivity contribution in [3.05, 3.63) is 29.8 Å². The Hall–Kier alpha value is -2.04. The number of rotatable bonds is 6. The van der Waals surface area contributed by atoms with Crippen LogP contribution in [0.5, 0.6) is 5.75 Å². The Balaban J connectivity index is 2.63. The third-order valence-electron chi connectivity index (χ3n) is 2.42. The minimum atomic E-state index is -0.299. The highest BCUT2D eigenvalue weighted by molar-refractivity contribution is 6.01. The number of nitrogens with zero attached hydrogens (tertiary/aromatic N) is 1. The third kappa shape index (κ3) is 4.08. The number of oxime groups is 1. The van der Waals surface area contributed by atoms with Gasteiger partial charge in [0.15, 0.2) is 0 Å². The highest BCUT2D eigenvalue weighted by Gasteiger charge is 2.09. The van der Waals surface area contributed by atoms with Crippen molar-refractivity contribution in [2.24, 2.45) is 5.16 Å². The molecule has 0 aromatic heterocycles. The van der Waals surface area contributed by atoms with E-state index in [1.807, 2.05) is 0 Å². The van der Waals surface area contributed by atoms with Crippen molar-refractivity contribution in [3.63, 3.8) is 0 Å². The summed E-state index contributed by atoms with van der Waals surface area (Å²) >= 11 is 0. The van der Waals surface area contributed by atoms with Crippen LogP contribution in [0.15, 0.2) is 29.4 Å². The Bertz CT molecular complexity index is 412. The molecule has 5 heteroatoms. The fourth-order valence-corrected chi connectivity index (χ4v) is 1.49. The Kier molecular flexibility index (Phi) is 5.70. The summed E-state index contributed by atoms with van der Waals surface area (Å²) in [5, 5.41) is 12.2. The van der Waals surface area contributed by atoms with Crippen LogP contribution in [0.1, 0.15) is 25.3 Å². The summed E-state index contributed by atoms with van der Waals surface area (Å²) in [6.07, 6.45) is 0.529. The smallest absolute Gasteiger partial charge is 0.306 e. The average Bonchev–Trinajstić information content (AvgIpc) is 2.40. The van der Waals surface area contributed by atoms with Crippen molar-refractivity contribution >= 4 is 11.7 Å². The SMILES string of the molecule is CCOC(=O)CCC(=NO)c1ccc(OC)cc1. The molecule has 0 aliphatic carbocycles. The lowest BCUT2D eigenvalue weighted by Crippen LogP contribution is -2.08. The van der Waals surface area contributed by atoms with Gasteiger partial charge >= 0.3 is 5.97 Å². The highest BCUT2D eigenvalue weighted by atomic mass is 16.5. The number of benzene rings is 1. The standard InChI is InChI=1S/C13H17NO4/c1-3-18-13(15)9-8-12(14-16)10-4-6-11(17-2)7-5-10/h4-7,16H,3,8-9H2,1-2H3. The monoisotopic (exact) mass is 251 g/mol. The minimum absolute atomic E-state index is 0.194. The molecule has 0 radical (unpaired) electrons. The van der Waals surface area contributed by atoms with Crippen LogP contribution in [0.25, 0.3) is 0 Å². The molecular formula is C13H17NO4. The molecule has 1 rings (SSSR count). The Morgan fingerprint density at radius 3 is 2.44 bits per heavy atom. The third-order valence-corrected chi connectivity index (χ3v) is 2.42. The second-order valence-electron chi connectivity index (χ2n) is 3.58. The van der Waals surface area contributed by atoms with Gasteiger partial charge in [0, 0.05) is 6.42 Å². The lowest BCUT2D eigenvalue weighted by molar-refractivity contribution is -0.142. The van der Waals surface area contributed by atoms with Crippen LogP contribution in [-0.2, 0) is 9.53 Å². The molecular weight excluding hydrogens is 234 g/mol. The largest absolute Gasteiger partial charge is 0.497 e. The average molecular weight is 251 g/mol. The summed E-state index contributed by atoms with van der Waals surface area (Å²) in [6, 6.07) is 7.09. The van der Waals surface area contributed by atoms with Crippen molar-refractivity contribution in [3.8, 4) is 5.75 Å². The van der Waals surface area contributed by atoms with Crippen LogP contribution in [0.4, 0.5) is 0 Å². The first-order valence-corrected chi connectivity index (χ1v) is 5.72. The van der Waals surface area contributed by atoms with Gasteiger partial charge in [0.1, 0.15) is 5.75 Å². The molecule has 0 heterocycles. The fourth-order valence-electron chi connectivity index (χ4n) is 1.49. The van der Waals surface area contributed by atoms with E-state index in [-0.39, 0.29) is 12.4 Å². The first-order chi connectivity index (χ1) is 8.71. The van der Waals surface area contributed by atoms with Gasteiger partial charge in [0.05, 0.1) is 25.8 Å². The molecule has 0 amide bonds. The number of hydrogen-bond donors (Lipinski definition) is 1. The first kappa shape index (κ1) is 14.0. The van der Waals surface area contributed by atoms with E-state index in [2.05, 4.69) is 5.16 Å². The molecule has 0 saturated carbocycles. The molecule has 18 heavy (non-hydrogen) atoms.